The van der Waals surface area contributed by atoms with Gasteiger partial charge in [0, 0.05) is 11.5 Å². The van der Waals surface area contributed by atoms with Crippen molar-refractivity contribution >= 4 is 0 Å². The second-order valence-electron chi connectivity index (χ2n) is 4.32. The van der Waals surface area contributed by atoms with Crippen LogP contribution in [0.1, 0.15) is 43.4 Å². The molecule has 0 amide bonds. The third-order valence-electron chi connectivity index (χ3n) is 3.26. The third-order valence-corrected chi connectivity index (χ3v) is 3.26. The molecule has 0 saturated heterocycles. The van der Waals surface area contributed by atoms with E-state index in [1.807, 2.05) is 26.0 Å². The van der Waals surface area contributed by atoms with Gasteiger partial charge in [-0.2, -0.15) is 0 Å². The van der Waals surface area contributed by atoms with Crippen molar-refractivity contribution in [3.8, 4) is 5.75 Å². The highest BCUT2D eigenvalue weighted by atomic mass is 16.5. The fourth-order valence-electron chi connectivity index (χ4n) is 2.26. The number of para-hydroxylation sites is 1. The summed E-state index contributed by atoms with van der Waals surface area (Å²) in [7, 11) is 1.73. The predicted molar refractivity (Wildman–Crippen MR) is 83.0 cm³/mol. The Morgan fingerprint density at radius 3 is 1.95 bits per heavy atom. The van der Waals surface area contributed by atoms with Crippen molar-refractivity contribution in [2.75, 3.05) is 7.11 Å². The highest BCUT2D eigenvalue weighted by Crippen LogP contribution is 2.32. The first-order valence-corrected chi connectivity index (χ1v) is 6.92. The number of hydrogen-bond donors (Lipinski definition) is 0. The van der Waals surface area contributed by atoms with Crippen LogP contribution in [0.2, 0.25) is 0 Å². The number of aryl methyl sites for hydroxylation is 1. The number of benzene rings is 2. The van der Waals surface area contributed by atoms with Gasteiger partial charge in [0.25, 0.3) is 0 Å². The second-order valence-corrected chi connectivity index (χ2v) is 4.32. The van der Waals surface area contributed by atoms with E-state index in [9.17, 15) is 0 Å². The average Bonchev–Trinajstić information content (AvgIpc) is 2.49. The van der Waals surface area contributed by atoms with E-state index in [2.05, 4.69) is 50.2 Å². The maximum atomic E-state index is 5.43. The lowest BCUT2D eigenvalue weighted by Crippen LogP contribution is -2.01. The smallest absolute Gasteiger partial charge is 0.122 e. The number of hydrogen-bond acceptors (Lipinski definition) is 1. The summed E-state index contributed by atoms with van der Waals surface area (Å²) in [5.74, 6) is 1.32. The fraction of sp³-hybridized carbons (Fsp3) is 0.333. The Hall–Kier alpha value is -1.76. The minimum Gasteiger partial charge on any atom is -0.496 e. The molecule has 1 unspecified atom stereocenters. The van der Waals surface area contributed by atoms with E-state index in [0.29, 0.717) is 5.92 Å². The van der Waals surface area contributed by atoms with E-state index >= 15 is 0 Å². The largest absolute Gasteiger partial charge is 0.496 e. The van der Waals surface area contributed by atoms with Crippen LogP contribution in [0, 0.1) is 6.92 Å². The second kappa shape index (κ2) is 7.63. The standard InChI is InChI=1S/C16H18O.C2H6/c1-12-8-4-5-9-14(12)13(2)15-10-6-7-11-16(15)17-3;1-2/h4-11,13H,1-3H3;1-2H3. The summed E-state index contributed by atoms with van der Waals surface area (Å²) in [6, 6.07) is 16.7. The van der Waals surface area contributed by atoms with Crippen molar-refractivity contribution in [1.29, 1.82) is 0 Å². The van der Waals surface area contributed by atoms with Crippen LogP contribution < -0.4 is 4.74 Å². The zero-order chi connectivity index (χ0) is 14.3. The van der Waals surface area contributed by atoms with Crippen LogP contribution >= 0.6 is 0 Å². The van der Waals surface area contributed by atoms with Gasteiger partial charge in [-0.25, -0.2) is 0 Å². The molecule has 0 N–H and O–H groups in total. The molecule has 1 nitrogen and oxygen atoms in total. The summed E-state index contributed by atoms with van der Waals surface area (Å²) >= 11 is 0. The normalized spacial score (nSPS) is 11.2. The van der Waals surface area contributed by atoms with Gasteiger partial charge in [-0.15, -0.1) is 0 Å². The maximum absolute atomic E-state index is 5.43. The van der Waals surface area contributed by atoms with Crippen LogP contribution in [0.5, 0.6) is 5.75 Å². The van der Waals surface area contributed by atoms with Gasteiger partial charge < -0.3 is 4.74 Å². The summed E-state index contributed by atoms with van der Waals surface area (Å²) in [6.07, 6.45) is 0. The zero-order valence-corrected chi connectivity index (χ0v) is 12.6. The van der Waals surface area contributed by atoms with Crippen molar-refractivity contribution in [3.63, 3.8) is 0 Å². The Morgan fingerprint density at radius 1 is 0.842 bits per heavy atom. The van der Waals surface area contributed by atoms with E-state index in [-0.39, 0.29) is 0 Å². The Bertz CT molecular complexity index is 503. The van der Waals surface area contributed by atoms with E-state index in [1.54, 1.807) is 7.11 Å². The Kier molecular flexibility index (Phi) is 6.14. The molecule has 0 radical (unpaired) electrons. The lowest BCUT2D eigenvalue weighted by Gasteiger charge is -2.17. The number of methoxy groups -OCH3 is 1. The van der Waals surface area contributed by atoms with Gasteiger partial charge in [0.1, 0.15) is 5.75 Å². The number of ether oxygens (including phenoxy) is 1. The maximum Gasteiger partial charge on any atom is 0.122 e. The van der Waals surface area contributed by atoms with Gasteiger partial charge in [-0.1, -0.05) is 63.2 Å². The van der Waals surface area contributed by atoms with Crippen molar-refractivity contribution in [2.45, 2.75) is 33.6 Å². The van der Waals surface area contributed by atoms with E-state index < -0.39 is 0 Å². The molecule has 2 rings (SSSR count). The summed E-state index contributed by atoms with van der Waals surface area (Å²) in [6.45, 7) is 8.38. The predicted octanol–water partition coefficient (Wildman–Crippen LogP) is 5.18. The van der Waals surface area contributed by atoms with Crippen molar-refractivity contribution in [2.24, 2.45) is 0 Å². The molecule has 1 atom stereocenters. The van der Waals surface area contributed by atoms with Crippen molar-refractivity contribution < 1.29 is 4.74 Å². The Balaban J connectivity index is 0.000000861. The molecule has 0 saturated carbocycles. The summed E-state index contributed by atoms with van der Waals surface area (Å²) in [5.41, 5.74) is 3.92. The van der Waals surface area contributed by atoms with E-state index in [1.165, 1.54) is 16.7 Å². The Morgan fingerprint density at radius 2 is 1.37 bits per heavy atom. The molecule has 2 aromatic rings. The van der Waals surface area contributed by atoms with Crippen LogP contribution in [0.4, 0.5) is 0 Å². The average molecular weight is 256 g/mol. The quantitative estimate of drug-likeness (QED) is 0.735. The van der Waals surface area contributed by atoms with Crippen LogP contribution in [-0.2, 0) is 0 Å². The van der Waals surface area contributed by atoms with Crippen molar-refractivity contribution in [1.82, 2.24) is 0 Å². The van der Waals surface area contributed by atoms with Crippen LogP contribution in [-0.4, -0.2) is 7.11 Å². The lowest BCUT2D eigenvalue weighted by atomic mass is 9.89. The lowest BCUT2D eigenvalue weighted by molar-refractivity contribution is 0.408. The number of rotatable bonds is 3. The molecule has 0 aromatic heterocycles. The van der Waals surface area contributed by atoms with Gasteiger partial charge in [0.05, 0.1) is 7.11 Å². The molecule has 19 heavy (non-hydrogen) atoms. The first-order chi connectivity index (χ1) is 9.24. The third kappa shape index (κ3) is 3.60. The first kappa shape index (κ1) is 15.3. The molecule has 0 fully saturated rings. The molecule has 0 spiro atoms. The van der Waals surface area contributed by atoms with Crippen LogP contribution in [0.25, 0.3) is 0 Å². The molecule has 0 aliphatic heterocycles. The minimum absolute atomic E-state index is 0.354. The summed E-state index contributed by atoms with van der Waals surface area (Å²) in [5, 5.41) is 0. The van der Waals surface area contributed by atoms with Crippen molar-refractivity contribution in [3.05, 3.63) is 65.2 Å². The molecule has 2 aromatic carbocycles. The SMILES string of the molecule is CC.COc1ccccc1C(C)c1ccccc1C. The monoisotopic (exact) mass is 256 g/mol. The van der Waals surface area contributed by atoms with E-state index in [4.69, 9.17) is 4.74 Å². The zero-order valence-electron chi connectivity index (χ0n) is 12.6. The highest BCUT2D eigenvalue weighted by Gasteiger charge is 2.14. The van der Waals surface area contributed by atoms with Crippen LogP contribution in [0.15, 0.2) is 48.5 Å². The van der Waals surface area contributed by atoms with Gasteiger partial charge in [-0.3, -0.25) is 0 Å². The van der Waals surface area contributed by atoms with Gasteiger partial charge in [0.2, 0.25) is 0 Å². The topological polar surface area (TPSA) is 9.23 Å². The molecule has 102 valence electrons. The fourth-order valence-corrected chi connectivity index (χ4v) is 2.26. The first-order valence-electron chi connectivity index (χ1n) is 6.92. The molecule has 0 aliphatic rings. The van der Waals surface area contributed by atoms with Crippen LogP contribution in [0.3, 0.4) is 0 Å². The molecular formula is C18H24O. The molecule has 0 aliphatic carbocycles. The molecular weight excluding hydrogens is 232 g/mol. The molecule has 1 heteroatoms. The van der Waals surface area contributed by atoms with E-state index in [0.717, 1.165) is 5.75 Å². The Labute approximate surface area is 117 Å². The molecule has 0 bridgehead atoms. The molecule has 0 heterocycles. The van der Waals surface area contributed by atoms with Gasteiger partial charge >= 0.3 is 0 Å². The highest BCUT2D eigenvalue weighted by molar-refractivity contribution is 5.43. The minimum atomic E-state index is 0.354. The summed E-state index contributed by atoms with van der Waals surface area (Å²) < 4.78 is 5.43. The van der Waals surface area contributed by atoms with Gasteiger partial charge in [0.15, 0.2) is 0 Å². The summed E-state index contributed by atoms with van der Waals surface area (Å²) in [4.78, 5) is 0. The van der Waals surface area contributed by atoms with Gasteiger partial charge in [-0.05, 0) is 24.1 Å².